The zero-order valence-corrected chi connectivity index (χ0v) is 13.9. The number of piperidine rings is 1. The highest BCUT2D eigenvalue weighted by Crippen LogP contribution is 2.17. The second kappa shape index (κ2) is 7.34. The number of rotatable bonds is 4. The van der Waals surface area contributed by atoms with E-state index >= 15 is 0 Å². The third-order valence-electron chi connectivity index (χ3n) is 4.66. The molecular formula is C19H21N3O3. The van der Waals surface area contributed by atoms with Crippen LogP contribution in [0.1, 0.15) is 23.2 Å². The number of benzene rings is 2. The molecule has 130 valence electrons. The monoisotopic (exact) mass is 339 g/mol. The molecule has 6 heteroatoms. The van der Waals surface area contributed by atoms with E-state index in [4.69, 9.17) is 5.73 Å². The Balaban J connectivity index is 1.54. The second-order valence-corrected chi connectivity index (χ2v) is 6.30. The lowest BCUT2D eigenvalue weighted by Crippen LogP contribution is -2.45. The average Bonchev–Trinajstić information content (AvgIpc) is 2.65. The Hall–Kier alpha value is -2.89. The van der Waals surface area contributed by atoms with Crippen molar-refractivity contribution in [3.05, 3.63) is 48.0 Å². The maximum absolute atomic E-state index is 12.3. The van der Waals surface area contributed by atoms with Crippen LogP contribution in [0.2, 0.25) is 0 Å². The Morgan fingerprint density at radius 2 is 1.72 bits per heavy atom. The summed E-state index contributed by atoms with van der Waals surface area (Å²) < 4.78 is 0. The van der Waals surface area contributed by atoms with Crippen molar-refractivity contribution in [3.63, 3.8) is 0 Å². The van der Waals surface area contributed by atoms with E-state index in [1.165, 1.54) is 0 Å². The van der Waals surface area contributed by atoms with Crippen molar-refractivity contribution in [2.75, 3.05) is 19.6 Å². The van der Waals surface area contributed by atoms with Gasteiger partial charge in [-0.15, -0.1) is 0 Å². The molecule has 3 rings (SSSR count). The van der Waals surface area contributed by atoms with Gasteiger partial charge >= 0.3 is 0 Å². The van der Waals surface area contributed by atoms with E-state index in [2.05, 4.69) is 5.32 Å². The number of nitrogens with zero attached hydrogens (tertiary/aromatic N) is 1. The lowest BCUT2D eigenvalue weighted by molar-refractivity contribution is -0.133. The summed E-state index contributed by atoms with van der Waals surface area (Å²) in [4.78, 5) is 37.3. The van der Waals surface area contributed by atoms with E-state index in [1.807, 2.05) is 36.4 Å². The van der Waals surface area contributed by atoms with Gasteiger partial charge < -0.3 is 16.0 Å². The lowest BCUT2D eigenvalue weighted by Gasteiger charge is -2.30. The van der Waals surface area contributed by atoms with Gasteiger partial charge in [0.2, 0.25) is 11.8 Å². The highest BCUT2D eigenvalue weighted by molar-refractivity contribution is 6.00. The van der Waals surface area contributed by atoms with Crippen molar-refractivity contribution in [1.29, 1.82) is 0 Å². The van der Waals surface area contributed by atoms with Crippen LogP contribution >= 0.6 is 0 Å². The van der Waals surface area contributed by atoms with Crippen LogP contribution in [-0.4, -0.2) is 42.3 Å². The SMILES string of the molecule is NC(=O)C1CCN(C(=O)CNC(=O)c2ccc3ccccc3c2)CC1. The number of carbonyl (C=O) groups is 3. The van der Waals surface area contributed by atoms with Crippen molar-refractivity contribution in [2.24, 2.45) is 11.7 Å². The van der Waals surface area contributed by atoms with Crippen LogP contribution in [0.15, 0.2) is 42.5 Å². The molecule has 0 saturated carbocycles. The summed E-state index contributed by atoms with van der Waals surface area (Å²) in [6.07, 6.45) is 1.17. The molecule has 0 spiro atoms. The van der Waals surface area contributed by atoms with Crippen LogP contribution in [0, 0.1) is 5.92 Å². The molecule has 2 aromatic rings. The summed E-state index contributed by atoms with van der Waals surface area (Å²) in [7, 11) is 0. The van der Waals surface area contributed by atoms with Crippen molar-refractivity contribution < 1.29 is 14.4 Å². The molecule has 25 heavy (non-hydrogen) atoms. The number of likely N-dealkylation sites (tertiary alicyclic amines) is 1. The molecule has 2 aromatic carbocycles. The Kier molecular flexibility index (Phi) is 4.97. The number of primary amides is 1. The van der Waals surface area contributed by atoms with Gasteiger partial charge in [-0.2, -0.15) is 0 Å². The van der Waals surface area contributed by atoms with Crippen LogP contribution < -0.4 is 11.1 Å². The summed E-state index contributed by atoms with van der Waals surface area (Å²) in [5, 5.41) is 4.72. The minimum atomic E-state index is -0.309. The predicted octanol–water partition coefficient (Wildman–Crippen LogP) is 1.29. The van der Waals surface area contributed by atoms with Crippen molar-refractivity contribution >= 4 is 28.5 Å². The maximum Gasteiger partial charge on any atom is 0.251 e. The Labute approximate surface area is 146 Å². The number of hydrogen-bond donors (Lipinski definition) is 2. The number of nitrogens with two attached hydrogens (primary N) is 1. The molecule has 1 fully saturated rings. The Morgan fingerprint density at radius 3 is 2.40 bits per heavy atom. The minimum absolute atomic E-state index is 0.0487. The Morgan fingerprint density at radius 1 is 1.04 bits per heavy atom. The molecule has 1 aliphatic heterocycles. The van der Waals surface area contributed by atoms with Crippen molar-refractivity contribution in [3.8, 4) is 0 Å². The average molecular weight is 339 g/mol. The van der Waals surface area contributed by atoms with E-state index in [0.29, 0.717) is 31.5 Å². The van der Waals surface area contributed by atoms with E-state index < -0.39 is 0 Å². The third-order valence-corrected chi connectivity index (χ3v) is 4.66. The molecule has 0 atom stereocenters. The largest absolute Gasteiger partial charge is 0.369 e. The van der Waals surface area contributed by atoms with Gasteiger partial charge in [0.15, 0.2) is 0 Å². The summed E-state index contributed by atoms with van der Waals surface area (Å²) in [5.74, 6) is -0.879. The molecule has 3 amide bonds. The topological polar surface area (TPSA) is 92.5 Å². The minimum Gasteiger partial charge on any atom is -0.369 e. The van der Waals surface area contributed by atoms with Crippen molar-refractivity contribution in [2.45, 2.75) is 12.8 Å². The van der Waals surface area contributed by atoms with E-state index in [9.17, 15) is 14.4 Å². The van der Waals surface area contributed by atoms with Crippen LogP contribution in [0.4, 0.5) is 0 Å². The molecular weight excluding hydrogens is 318 g/mol. The number of fused-ring (bicyclic) bond motifs is 1. The number of hydrogen-bond acceptors (Lipinski definition) is 3. The smallest absolute Gasteiger partial charge is 0.251 e. The Bertz CT molecular complexity index is 810. The molecule has 3 N–H and O–H groups in total. The summed E-state index contributed by atoms with van der Waals surface area (Å²) in [6, 6.07) is 13.2. The van der Waals surface area contributed by atoms with Gasteiger partial charge in [0, 0.05) is 24.6 Å². The third kappa shape index (κ3) is 3.96. The molecule has 0 aromatic heterocycles. The lowest BCUT2D eigenvalue weighted by atomic mass is 9.96. The van der Waals surface area contributed by atoms with Crippen LogP contribution in [0.25, 0.3) is 10.8 Å². The van der Waals surface area contributed by atoms with E-state index in [0.717, 1.165) is 10.8 Å². The van der Waals surface area contributed by atoms with Gasteiger partial charge in [-0.1, -0.05) is 30.3 Å². The number of amides is 3. The summed E-state index contributed by atoms with van der Waals surface area (Å²) >= 11 is 0. The first kappa shape index (κ1) is 17.0. The van der Waals surface area contributed by atoms with Gasteiger partial charge in [-0.25, -0.2) is 0 Å². The first-order valence-corrected chi connectivity index (χ1v) is 8.38. The van der Waals surface area contributed by atoms with Gasteiger partial charge in [-0.3, -0.25) is 14.4 Å². The molecule has 1 aliphatic rings. The number of nitrogens with one attached hydrogen (secondary N) is 1. The zero-order valence-electron chi connectivity index (χ0n) is 13.9. The predicted molar refractivity (Wildman–Crippen MR) is 94.8 cm³/mol. The summed E-state index contributed by atoms with van der Waals surface area (Å²) in [6.45, 7) is 0.948. The quantitative estimate of drug-likeness (QED) is 0.879. The van der Waals surface area contributed by atoms with E-state index in [-0.39, 0.29) is 30.2 Å². The fourth-order valence-electron chi connectivity index (χ4n) is 3.11. The van der Waals surface area contributed by atoms with Gasteiger partial charge in [0.25, 0.3) is 5.91 Å². The van der Waals surface area contributed by atoms with Crippen LogP contribution in [-0.2, 0) is 9.59 Å². The molecule has 0 radical (unpaired) electrons. The molecule has 6 nitrogen and oxygen atoms in total. The zero-order chi connectivity index (χ0) is 17.8. The van der Waals surface area contributed by atoms with Gasteiger partial charge in [-0.05, 0) is 35.7 Å². The van der Waals surface area contributed by atoms with Gasteiger partial charge in [0.05, 0.1) is 6.54 Å². The fraction of sp³-hybridized carbons (Fsp3) is 0.316. The molecule has 1 saturated heterocycles. The van der Waals surface area contributed by atoms with Crippen LogP contribution in [0.5, 0.6) is 0 Å². The second-order valence-electron chi connectivity index (χ2n) is 6.30. The highest BCUT2D eigenvalue weighted by Gasteiger charge is 2.25. The number of carbonyl (C=O) groups excluding carboxylic acids is 3. The van der Waals surface area contributed by atoms with Gasteiger partial charge in [0.1, 0.15) is 0 Å². The molecule has 0 unspecified atom stereocenters. The maximum atomic E-state index is 12.3. The standard InChI is InChI=1S/C19H21N3O3/c20-18(24)14-7-9-22(10-8-14)17(23)12-21-19(25)16-6-5-13-3-1-2-4-15(13)11-16/h1-6,11,14H,7-10,12H2,(H2,20,24)(H,21,25). The highest BCUT2D eigenvalue weighted by atomic mass is 16.2. The molecule has 1 heterocycles. The van der Waals surface area contributed by atoms with Crippen molar-refractivity contribution in [1.82, 2.24) is 10.2 Å². The first-order valence-electron chi connectivity index (χ1n) is 8.38. The molecule has 0 bridgehead atoms. The van der Waals surface area contributed by atoms with E-state index in [1.54, 1.807) is 11.0 Å². The first-order chi connectivity index (χ1) is 12.0. The normalized spacial score (nSPS) is 15.1. The van der Waals surface area contributed by atoms with Crippen LogP contribution in [0.3, 0.4) is 0 Å². The fourth-order valence-corrected chi connectivity index (χ4v) is 3.11. The molecule has 0 aliphatic carbocycles. The summed E-state index contributed by atoms with van der Waals surface area (Å²) in [5.41, 5.74) is 5.82.